The monoisotopic (exact) mass is 105 g/mol. The van der Waals surface area contributed by atoms with Gasteiger partial charge in [0.15, 0.2) is 0 Å². The van der Waals surface area contributed by atoms with Crippen LogP contribution in [0.3, 0.4) is 0 Å². The van der Waals surface area contributed by atoms with E-state index in [0.29, 0.717) is 0 Å². The van der Waals surface area contributed by atoms with E-state index in [1.54, 1.807) is 0 Å². The number of rotatable bonds is 2. The number of nitrogens with zero attached hydrogens (tertiary/aromatic N) is 2. The third kappa shape index (κ3) is 4.80. The van der Waals surface area contributed by atoms with Gasteiger partial charge in [0.05, 0.1) is 0 Å². The zero-order valence-electron chi connectivity index (χ0n) is 3.10. The van der Waals surface area contributed by atoms with Crippen molar-refractivity contribution in [2.75, 3.05) is 0 Å². The molecule has 0 aromatic carbocycles. The molecular formula is CHN2O4. The molecule has 0 spiro atoms. The molecule has 0 aromatic heterocycles. The number of hydrogen-bond donors (Lipinski definition) is 0. The first-order valence-corrected chi connectivity index (χ1v) is 1.25. The van der Waals surface area contributed by atoms with Crippen molar-refractivity contribution in [3.63, 3.8) is 0 Å². The van der Waals surface area contributed by atoms with Crippen molar-refractivity contribution in [3.8, 4) is 0 Å². The average molecular weight is 105 g/mol. The van der Waals surface area contributed by atoms with Crippen molar-refractivity contribution in [2.24, 2.45) is 0 Å². The normalized spacial score (nSPS) is 8.00. The minimum atomic E-state index is -1.12. The van der Waals surface area contributed by atoms with Crippen molar-refractivity contribution < 1.29 is 9.85 Å². The third-order valence-corrected chi connectivity index (χ3v) is 0.189. The summed E-state index contributed by atoms with van der Waals surface area (Å²) in [5.41, 5.74) is 0. The molecular weight excluding hydrogens is 104 g/mol. The zero-order valence-corrected chi connectivity index (χ0v) is 3.10. The van der Waals surface area contributed by atoms with Crippen LogP contribution in [-0.4, -0.2) is 9.85 Å². The highest BCUT2D eigenvalue weighted by Gasteiger charge is 2.09. The molecule has 6 heteroatoms. The van der Waals surface area contributed by atoms with Gasteiger partial charge in [-0.1, -0.05) is 0 Å². The lowest BCUT2D eigenvalue weighted by atomic mass is 11.2. The lowest BCUT2D eigenvalue weighted by Gasteiger charge is -1.75. The first-order valence-electron chi connectivity index (χ1n) is 1.25. The van der Waals surface area contributed by atoms with E-state index in [1.807, 2.05) is 0 Å². The predicted molar refractivity (Wildman–Crippen MR) is 18.3 cm³/mol. The summed E-state index contributed by atoms with van der Waals surface area (Å²) in [4.78, 5) is 16.0. The summed E-state index contributed by atoms with van der Waals surface area (Å²) in [7, 11) is 0. The summed E-state index contributed by atoms with van der Waals surface area (Å²) in [6.45, 7) is -0.222. The highest BCUT2D eigenvalue weighted by molar-refractivity contribution is 4.19. The average Bonchev–Trinajstić information content (AvgIpc) is 1.27. The summed E-state index contributed by atoms with van der Waals surface area (Å²) >= 11 is 0. The largest absolute Gasteiger partial charge is 0.583 e. The van der Waals surface area contributed by atoms with Crippen LogP contribution in [0.2, 0.25) is 0 Å². The molecule has 0 amide bonds. The van der Waals surface area contributed by atoms with Crippen molar-refractivity contribution >= 4 is 0 Å². The van der Waals surface area contributed by atoms with E-state index in [9.17, 15) is 0 Å². The Hall–Kier alpha value is -1.20. The van der Waals surface area contributed by atoms with Crippen LogP contribution in [-0.2, 0) is 0 Å². The van der Waals surface area contributed by atoms with Gasteiger partial charge in [-0.3, -0.25) is 20.2 Å². The van der Waals surface area contributed by atoms with Crippen LogP contribution in [0, 0.1) is 26.9 Å². The molecule has 0 rings (SSSR count). The van der Waals surface area contributed by atoms with Gasteiger partial charge in [-0.2, -0.15) is 0 Å². The molecule has 0 atom stereocenters. The van der Waals surface area contributed by atoms with Crippen LogP contribution in [0.25, 0.3) is 0 Å². The predicted octanol–water partition coefficient (Wildman–Crippen LogP) is -0.341. The Morgan fingerprint density at radius 1 is 1.14 bits per heavy atom. The lowest BCUT2D eigenvalue weighted by molar-refractivity contribution is -0.630. The van der Waals surface area contributed by atoms with E-state index >= 15 is 0 Å². The van der Waals surface area contributed by atoms with Gasteiger partial charge < -0.3 is 0 Å². The van der Waals surface area contributed by atoms with Crippen LogP contribution in [0.4, 0.5) is 0 Å². The van der Waals surface area contributed by atoms with Gasteiger partial charge in [0, 0.05) is 0 Å². The molecule has 0 heterocycles. The third-order valence-electron chi connectivity index (χ3n) is 0.189. The van der Waals surface area contributed by atoms with Crippen molar-refractivity contribution in [3.05, 3.63) is 26.9 Å². The molecule has 0 aliphatic carbocycles. The molecule has 0 N–H and O–H groups in total. The Balaban J connectivity index is 3.32. The smallest absolute Gasteiger partial charge is 0.258 e. The standard InChI is InChI=1S/CHN2O4/c4-2(5)1-3(6)7/h1H. The first kappa shape index (κ1) is 5.80. The highest BCUT2D eigenvalue weighted by atomic mass is 16.7. The molecule has 0 aliphatic heterocycles. The van der Waals surface area contributed by atoms with E-state index < -0.39 is 9.85 Å². The van der Waals surface area contributed by atoms with E-state index in [4.69, 9.17) is 20.2 Å². The molecule has 6 nitrogen and oxygen atoms in total. The molecule has 0 unspecified atom stereocenters. The lowest BCUT2D eigenvalue weighted by Crippen LogP contribution is -2.02. The summed E-state index contributed by atoms with van der Waals surface area (Å²) in [6, 6.07) is 0. The van der Waals surface area contributed by atoms with Crippen molar-refractivity contribution in [1.82, 2.24) is 0 Å². The summed E-state index contributed by atoms with van der Waals surface area (Å²) in [6.07, 6.45) is 0. The van der Waals surface area contributed by atoms with Gasteiger partial charge in [0.2, 0.25) is 0 Å². The van der Waals surface area contributed by atoms with Gasteiger partial charge in [0.25, 0.3) is 0 Å². The topological polar surface area (TPSA) is 86.3 Å². The Labute approximate surface area is 38.0 Å². The fraction of sp³-hybridized carbons (Fsp3) is 0. The summed E-state index contributed by atoms with van der Waals surface area (Å²) in [5.74, 6) is 0. The molecule has 7 heavy (non-hydrogen) atoms. The van der Waals surface area contributed by atoms with Gasteiger partial charge >= 0.3 is 6.67 Å². The minimum absolute atomic E-state index is 0.222. The Morgan fingerprint density at radius 3 is 1.43 bits per heavy atom. The second kappa shape index (κ2) is 2.06. The van der Waals surface area contributed by atoms with Crippen molar-refractivity contribution in [2.45, 2.75) is 0 Å². The quantitative estimate of drug-likeness (QED) is 0.355. The van der Waals surface area contributed by atoms with E-state index in [2.05, 4.69) is 0 Å². The fourth-order valence-corrected chi connectivity index (χ4v) is 0.0770. The minimum Gasteiger partial charge on any atom is -0.258 e. The van der Waals surface area contributed by atoms with Gasteiger partial charge in [-0.15, -0.1) is 0 Å². The Bertz CT molecular complexity index is 85.9. The zero-order chi connectivity index (χ0) is 5.86. The van der Waals surface area contributed by atoms with E-state index in [-0.39, 0.29) is 6.67 Å². The number of nitro groups is 2. The second-order valence-corrected chi connectivity index (χ2v) is 0.686. The van der Waals surface area contributed by atoms with Crippen LogP contribution >= 0.6 is 0 Å². The summed E-state index contributed by atoms with van der Waals surface area (Å²) < 4.78 is 0. The van der Waals surface area contributed by atoms with E-state index in [0.717, 1.165) is 0 Å². The molecule has 0 saturated carbocycles. The SMILES string of the molecule is O=[N+]([O-])[CH][N+](=O)[O-]. The molecule has 39 valence electrons. The molecule has 0 bridgehead atoms. The molecule has 0 fully saturated rings. The highest BCUT2D eigenvalue weighted by Crippen LogP contribution is 1.75. The van der Waals surface area contributed by atoms with Crippen LogP contribution in [0.1, 0.15) is 0 Å². The molecule has 0 aliphatic rings. The fourth-order valence-electron chi connectivity index (χ4n) is 0.0770. The van der Waals surface area contributed by atoms with Crippen LogP contribution in [0.15, 0.2) is 0 Å². The summed E-state index contributed by atoms with van der Waals surface area (Å²) in [5, 5.41) is 18.2. The first-order chi connectivity index (χ1) is 3.13. The maximum Gasteiger partial charge on any atom is 0.583 e. The second-order valence-electron chi connectivity index (χ2n) is 0.686. The molecule has 1 radical (unpaired) electrons. The number of hydrogen-bond acceptors (Lipinski definition) is 4. The van der Waals surface area contributed by atoms with Gasteiger partial charge in [-0.05, 0) is 0 Å². The van der Waals surface area contributed by atoms with Crippen LogP contribution < -0.4 is 0 Å². The molecule has 0 aromatic rings. The van der Waals surface area contributed by atoms with Gasteiger partial charge in [-0.25, -0.2) is 0 Å². The van der Waals surface area contributed by atoms with Crippen molar-refractivity contribution in [1.29, 1.82) is 0 Å². The van der Waals surface area contributed by atoms with Crippen LogP contribution in [0.5, 0.6) is 0 Å². The Kier molecular flexibility index (Phi) is 1.71. The Morgan fingerprint density at radius 2 is 1.43 bits per heavy atom. The van der Waals surface area contributed by atoms with Gasteiger partial charge in [0.1, 0.15) is 9.85 Å². The molecule has 0 saturated heterocycles. The maximum absolute atomic E-state index is 9.12. The van der Waals surface area contributed by atoms with E-state index in [1.165, 1.54) is 0 Å². The maximum atomic E-state index is 9.12.